The Morgan fingerprint density at radius 3 is 2.39 bits per heavy atom. The molecular formula is C23H27ClFN3. The zero-order chi connectivity index (χ0) is 19.9. The molecule has 0 aliphatic carbocycles. The zero-order valence-electron chi connectivity index (χ0n) is 16.6. The number of aryl methyl sites for hydroxylation is 2. The van der Waals surface area contributed by atoms with Crippen LogP contribution in [0, 0.1) is 5.82 Å². The van der Waals surface area contributed by atoms with Gasteiger partial charge in [0.25, 0.3) is 0 Å². The molecule has 0 atom stereocenters. The topological polar surface area (TPSA) is 30.7 Å². The van der Waals surface area contributed by atoms with Crippen molar-refractivity contribution in [2.24, 2.45) is 7.05 Å². The van der Waals surface area contributed by atoms with Crippen molar-refractivity contribution in [2.75, 3.05) is 0 Å². The van der Waals surface area contributed by atoms with Crippen molar-refractivity contribution in [3.05, 3.63) is 58.9 Å². The second kappa shape index (κ2) is 9.83. The van der Waals surface area contributed by atoms with E-state index in [1.54, 1.807) is 16.8 Å². The van der Waals surface area contributed by atoms with E-state index in [-0.39, 0.29) is 5.56 Å². The molecule has 0 bridgehead atoms. The number of hydrogen-bond acceptors (Lipinski definition) is 2. The van der Waals surface area contributed by atoms with Crippen molar-refractivity contribution in [3.8, 4) is 22.8 Å². The summed E-state index contributed by atoms with van der Waals surface area (Å²) in [6.45, 7) is 2.24. The van der Waals surface area contributed by atoms with E-state index >= 15 is 0 Å². The molecule has 0 radical (unpaired) electrons. The number of benzene rings is 2. The zero-order valence-corrected chi connectivity index (χ0v) is 17.3. The molecule has 0 saturated heterocycles. The monoisotopic (exact) mass is 399 g/mol. The van der Waals surface area contributed by atoms with Gasteiger partial charge in [0.15, 0.2) is 11.6 Å². The molecule has 0 unspecified atom stereocenters. The van der Waals surface area contributed by atoms with Crippen LogP contribution < -0.4 is 0 Å². The molecule has 1 aromatic heterocycles. The van der Waals surface area contributed by atoms with Crippen LogP contribution in [0.1, 0.15) is 51.0 Å². The second-order valence-corrected chi connectivity index (χ2v) is 7.60. The Kier molecular flexibility index (Phi) is 7.21. The second-order valence-electron chi connectivity index (χ2n) is 7.19. The standard InChI is InChI=1S/C23H27ClFN3/c1-3-4-5-6-7-8-10-17-13-15-18(16-14-17)23-26-22(27-28(23)2)21-19(24)11-9-12-20(21)25/h9,11-16H,3-8,10H2,1-2H3. The quantitative estimate of drug-likeness (QED) is 0.368. The molecule has 0 fully saturated rings. The summed E-state index contributed by atoms with van der Waals surface area (Å²) in [4.78, 5) is 4.53. The van der Waals surface area contributed by atoms with E-state index in [2.05, 4.69) is 41.3 Å². The van der Waals surface area contributed by atoms with Crippen LogP contribution in [0.3, 0.4) is 0 Å². The summed E-state index contributed by atoms with van der Waals surface area (Å²) >= 11 is 6.15. The lowest BCUT2D eigenvalue weighted by Gasteiger charge is -2.04. The van der Waals surface area contributed by atoms with Gasteiger partial charge in [-0.2, -0.15) is 5.10 Å². The Hall–Kier alpha value is -2.20. The molecule has 0 spiro atoms. The Morgan fingerprint density at radius 1 is 0.964 bits per heavy atom. The third-order valence-corrected chi connectivity index (χ3v) is 5.30. The van der Waals surface area contributed by atoms with E-state index in [9.17, 15) is 4.39 Å². The first kappa shape index (κ1) is 20.5. The van der Waals surface area contributed by atoms with E-state index in [4.69, 9.17) is 11.6 Å². The van der Waals surface area contributed by atoms with Crippen LogP contribution >= 0.6 is 11.6 Å². The molecule has 0 aliphatic rings. The lowest BCUT2D eigenvalue weighted by Crippen LogP contribution is -1.95. The van der Waals surface area contributed by atoms with Crippen molar-refractivity contribution in [1.82, 2.24) is 14.8 Å². The first-order valence-corrected chi connectivity index (χ1v) is 10.4. The number of nitrogens with zero attached hydrogens (tertiary/aromatic N) is 3. The minimum absolute atomic E-state index is 0.241. The molecule has 0 amide bonds. The van der Waals surface area contributed by atoms with E-state index in [1.165, 1.54) is 50.2 Å². The van der Waals surface area contributed by atoms with Gasteiger partial charge in [-0.1, -0.05) is 81.0 Å². The minimum atomic E-state index is -0.418. The first-order valence-electron chi connectivity index (χ1n) is 10.0. The maximum atomic E-state index is 14.2. The third-order valence-electron chi connectivity index (χ3n) is 4.98. The summed E-state index contributed by atoms with van der Waals surface area (Å²) in [5.41, 5.74) is 2.53. The Bertz CT molecular complexity index is 882. The summed E-state index contributed by atoms with van der Waals surface area (Å²) < 4.78 is 15.8. The predicted octanol–water partition coefficient (Wildman–Crippen LogP) is 6.84. The van der Waals surface area contributed by atoms with Crippen molar-refractivity contribution >= 4 is 11.6 Å². The van der Waals surface area contributed by atoms with Crippen LogP contribution in [-0.2, 0) is 13.5 Å². The van der Waals surface area contributed by atoms with E-state index in [0.717, 1.165) is 12.0 Å². The SMILES string of the molecule is CCCCCCCCc1ccc(-c2nc(-c3c(F)cccc3Cl)nn2C)cc1. The fourth-order valence-electron chi connectivity index (χ4n) is 3.38. The van der Waals surface area contributed by atoms with E-state index in [1.807, 2.05) is 7.05 Å². The van der Waals surface area contributed by atoms with Crippen LogP contribution in [0.2, 0.25) is 5.02 Å². The van der Waals surface area contributed by atoms with Crippen LogP contribution in [0.4, 0.5) is 4.39 Å². The fourth-order valence-corrected chi connectivity index (χ4v) is 3.63. The maximum absolute atomic E-state index is 14.2. The first-order chi connectivity index (χ1) is 13.6. The highest BCUT2D eigenvalue weighted by molar-refractivity contribution is 6.33. The summed E-state index contributed by atoms with van der Waals surface area (Å²) in [7, 11) is 1.81. The molecule has 1 heterocycles. The molecule has 3 aromatic rings. The Morgan fingerprint density at radius 2 is 1.68 bits per heavy atom. The summed E-state index contributed by atoms with van der Waals surface area (Å²) in [5.74, 6) is 0.580. The highest BCUT2D eigenvalue weighted by Gasteiger charge is 2.17. The van der Waals surface area contributed by atoms with Gasteiger partial charge in [-0.15, -0.1) is 0 Å². The number of rotatable bonds is 9. The molecule has 0 N–H and O–H groups in total. The van der Waals surface area contributed by atoms with Crippen LogP contribution in [0.5, 0.6) is 0 Å². The third kappa shape index (κ3) is 4.99. The van der Waals surface area contributed by atoms with Crippen LogP contribution in [0.25, 0.3) is 22.8 Å². The Labute approximate surface area is 171 Å². The smallest absolute Gasteiger partial charge is 0.186 e. The van der Waals surface area contributed by atoms with Gasteiger partial charge in [0.2, 0.25) is 0 Å². The van der Waals surface area contributed by atoms with Gasteiger partial charge in [0.05, 0.1) is 10.6 Å². The number of aromatic nitrogens is 3. The lowest BCUT2D eigenvalue weighted by atomic mass is 10.0. The van der Waals surface area contributed by atoms with Gasteiger partial charge >= 0.3 is 0 Å². The van der Waals surface area contributed by atoms with Gasteiger partial charge in [-0.3, -0.25) is 0 Å². The van der Waals surface area contributed by atoms with E-state index in [0.29, 0.717) is 16.7 Å². The number of unbranched alkanes of at least 4 members (excludes halogenated alkanes) is 5. The van der Waals surface area contributed by atoms with Gasteiger partial charge in [-0.05, 0) is 30.5 Å². The number of halogens is 2. The highest BCUT2D eigenvalue weighted by atomic mass is 35.5. The largest absolute Gasteiger partial charge is 0.248 e. The normalized spacial score (nSPS) is 11.1. The molecule has 28 heavy (non-hydrogen) atoms. The molecule has 5 heteroatoms. The molecular weight excluding hydrogens is 373 g/mol. The van der Waals surface area contributed by atoms with Gasteiger partial charge in [0, 0.05) is 12.6 Å². The van der Waals surface area contributed by atoms with Crippen molar-refractivity contribution in [1.29, 1.82) is 0 Å². The Balaban J connectivity index is 1.68. The van der Waals surface area contributed by atoms with Crippen molar-refractivity contribution < 1.29 is 4.39 Å². The maximum Gasteiger partial charge on any atom is 0.186 e. The van der Waals surface area contributed by atoms with Crippen LogP contribution in [-0.4, -0.2) is 14.8 Å². The molecule has 148 valence electrons. The molecule has 0 saturated carbocycles. The average molecular weight is 400 g/mol. The molecule has 2 aromatic carbocycles. The van der Waals surface area contributed by atoms with Crippen molar-refractivity contribution in [3.63, 3.8) is 0 Å². The fraction of sp³-hybridized carbons (Fsp3) is 0.391. The minimum Gasteiger partial charge on any atom is -0.248 e. The average Bonchev–Trinajstić information content (AvgIpc) is 3.06. The molecule has 0 aliphatic heterocycles. The van der Waals surface area contributed by atoms with Crippen molar-refractivity contribution in [2.45, 2.75) is 51.9 Å². The highest BCUT2D eigenvalue weighted by Crippen LogP contribution is 2.30. The molecule has 3 rings (SSSR count). The lowest BCUT2D eigenvalue weighted by molar-refractivity contribution is 0.607. The van der Waals surface area contributed by atoms with Gasteiger partial charge in [0.1, 0.15) is 5.82 Å². The van der Waals surface area contributed by atoms with Crippen LogP contribution in [0.15, 0.2) is 42.5 Å². The summed E-state index contributed by atoms with van der Waals surface area (Å²) in [6, 6.07) is 13.0. The van der Waals surface area contributed by atoms with Gasteiger partial charge in [-0.25, -0.2) is 14.1 Å². The van der Waals surface area contributed by atoms with E-state index < -0.39 is 5.82 Å². The number of hydrogen-bond donors (Lipinski definition) is 0. The summed E-state index contributed by atoms with van der Waals surface area (Å²) in [6.07, 6.45) is 8.91. The summed E-state index contributed by atoms with van der Waals surface area (Å²) in [5, 5.41) is 4.68. The molecule has 3 nitrogen and oxygen atoms in total. The predicted molar refractivity (Wildman–Crippen MR) is 114 cm³/mol. The van der Waals surface area contributed by atoms with Gasteiger partial charge < -0.3 is 0 Å².